The standard InChI is InChI=1S/C27H38O12/c1-11-16(32)9-26(24(6,7)34)17(11)18(33)20(36-12(2)28)25(8)19(21(26)37-13(3)29)27(39-15(5)31)10-35-23(27)22(25)38-14(4)30/h16,18-23,32-34H,9-10H2,1-8H3/t16-,18+,19+,20-,21-,22-,23+,25+,26-,27+/m0/s1. The van der Waals surface area contributed by atoms with Crippen molar-refractivity contribution < 1.29 is 58.2 Å². The second-order valence-corrected chi connectivity index (χ2v) is 12.0. The number of aliphatic hydroxyl groups is 3. The molecule has 39 heavy (non-hydrogen) atoms. The van der Waals surface area contributed by atoms with Gasteiger partial charge in [-0.05, 0) is 38.3 Å². The Labute approximate surface area is 226 Å². The molecule has 0 spiro atoms. The Morgan fingerprint density at radius 1 is 0.897 bits per heavy atom. The smallest absolute Gasteiger partial charge is 0.303 e. The van der Waals surface area contributed by atoms with E-state index in [1.807, 2.05) is 0 Å². The number of rotatable bonds is 5. The number of carbonyl (C=O) groups is 4. The number of carbonyl (C=O) groups excluding carboxylic acids is 4. The molecule has 0 aromatic rings. The number of hydrogen-bond acceptors (Lipinski definition) is 12. The third kappa shape index (κ3) is 3.93. The van der Waals surface area contributed by atoms with Gasteiger partial charge in [-0.1, -0.05) is 6.92 Å². The van der Waals surface area contributed by atoms with E-state index < -0.39 is 88.5 Å². The summed E-state index contributed by atoms with van der Waals surface area (Å²) in [5, 5.41) is 35.0. The molecule has 2 saturated carbocycles. The van der Waals surface area contributed by atoms with Crippen molar-refractivity contribution in [2.75, 3.05) is 6.61 Å². The normalized spacial score (nSPS) is 42.8. The zero-order valence-electron chi connectivity index (χ0n) is 23.5. The summed E-state index contributed by atoms with van der Waals surface area (Å²) in [5.74, 6) is -4.04. The van der Waals surface area contributed by atoms with Gasteiger partial charge in [-0.3, -0.25) is 19.2 Å². The Morgan fingerprint density at radius 2 is 1.41 bits per heavy atom. The fourth-order valence-corrected chi connectivity index (χ4v) is 7.98. The summed E-state index contributed by atoms with van der Waals surface area (Å²) in [6, 6.07) is 0. The lowest BCUT2D eigenvalue weighted by molar-refractivity contribution is -0.283. The van der Waals surface area contributed by atoms with Crippen molar-refractivity contribution in [3.05, 3.63) is 11.1 Å². The van der Waals surface area contributed by atoms with E-state index in [0.717, 1.165) is 6.92 Å². The summed E-state index contributed by atoms with van der Waals surface area (Å²) in [6.45, 7) is 10.6. The van der Waals surface area contributed by atoms with E-state index in [1.54, 1.807) is 13.8 Å². The van der Waals surface area contributed by atoms with Crippen molar-refractivity contribution in [3.8, 4) is 0 Å². The molecule has 218 valence electrons. The van der Waals surface area contributed by atoms with Crippen molar-refractivity contribution in [2.45, 2.75) is 110 Å². The van der Waals surface area contributed by atoms with Crippen LogP contribution in [-0.4, -0.2) is 93.6 Å². The summed E-state index contributed by atoms with van der Waals surface area (Å²) in [7, 11) is 0. The first-order valence-electron chi connectivity index (χ1n) is 13.0. The predicted molar refractivity (Wildman–Crippen MR) is 131 cm³/mol. The van der Waals surface area contributed by atoms with Crippen molar-refractivity contribution in [1.82, 2.24) is 0 Å². The minimum atomic E-state index is -1.74. The number of fused-ring (bicyclic) bond motifs is 4. The molecule has 1 heterocycles. The molecule has 4 rings (SSSR count). The van der Waals surface area contributed by atoms with Crippen molar-refractivity contribution in [3.63, 3.8) is 0 Å². The number of esters is 4. The van der Waals surface area contributed by atoms with Gasteiger partial charge in [-0.15, -0.1) is 0 Å². The van der Waals surface area contributed by atoms with Gasteiger partial charge in [0.25, 0.3) is 0 Å². The van der Waals surface area contributed by atoms with E-state index in [-0.39, 0.29) is 18.6 Å². The highest BCUT2D eigenvalue weighted by atomic mass is 16.7. The van der Waals surface area contributed by atoms with Crippen LogP contribution in [0.5, 0.6) is 0 Å². The zero-order chi connectivity index (χ0) is 29.5. The van der Waals surface area contributed by atoms with Gasteiger partial charge >= 0.3 is 23.9 Å². The Morgan fingerprint density at radius 3 is 1.85 bits per heavy atom. The molecule has 1 aliphatic heterocycles. The fourth-order valence-electron chi connectivity index (χ4n) is 7.98. The quantitative estimate of drug-likeness (QED) is 0.242. The fraction of sp³-hybridized carbons (Fsp3) is 0.778. The van der Waals surface area contributed by atoms with Gasteiger partial charge in [0.05, 0.1) is 35.1 Å². The van der Waals surface area contributed by atoms with Crippen LogP contribution in [0.1, 0.15) is 61.8 Å². The molecule has 0 aromatic carbocycles. The number of hydrogen-bond donors (Lipinski definition) is 3. The van der Waals surface area contributed by atoms with E-state index in [0.29, 0.717) is 5.57 Å². The highest BCUT2D eigenvalue weighted by Crippen LogP contribution is 2.70. The third-order valence-electron chi connectivity index (χ3n) is 9.26. The summed E-state index contributed by atoms with van der Waals surface area (Å²) in [4.78, 5) is 50.1. The summed E-state index contributed by atoms with van der Waals surface area (Å²) in [5.41, 5.74) is -6.06. The molecule has 12 nitrogen and oxygen atoms in total. The molecule has 1 saturated heterocycles. The van der Waals surface area contributed by atoms with Crippen LogP contribution in [0, 0.1) is 16.7 Å². The Hall–Kier alpha value is -2.54. The third-order valence-corrected chi connectivity index (χ3v) is 9.26. The minimum absolute atomic E-state index is 0.145. The van der Waals surface area contributed by atoms with Gasteiger partial charge in [0, 0.05) is 27.7 Å². The first-order chi connectivity index (χ1) is 17.9. The molecule has 0 aromatic heterocycles. The molecule has 0 amide bonds. The van der Waals surface area contributed by atoms with E-state index >= 15 is 0 Å². The van der Waals surface area contributed by atoms with Crippen LogP contribution in [0.3, 0.4) is 0 Å². The largest absolute Gasteiger partial charge is 0.461 e. The van der Waals surface area contributed by atoms with Gasteiger partial charge in [0.1, 0.15) is 30.5 Å². The average molecular weight is 555 g/mol. The minimum Gasteiger partial charge on any atom is -0.461 e. The molecular formula is C27H38O12. The molecule has 3 fully saturated rings. The SMILES string of the molecule is CC(=O)O[C@H]1[C@H](O)C2=C(C)[C@@H](O)C[C@@]2(C(C)(C)O)[C@@H](OC(C)=O)[C@H]2[C@]3(OC(C)=O)CO[C@@H]3[C@H](OC(C)=O)[C@@]12C. The molecule has 10 atom stereocenters. The monoisotopic (exact) mass is 554 g/mol. The molecule has 0 unspecified atom stereocenters. The van der Waals surface area contributed by atoms with Gasteiger partial charge in [0.2, 0.25) is 0 Å². The van der Waals surface area contributed by atoms with Crippen LogP contribution in [0.4, 0.5) is 0 Å². The molecule has 12 heteroatoms. The Kier molecular flexibility index (Phi) is 6.99. The maximum atomic E-state index is 12.7. The van der Waals surface area contributed by atoms with Crippen LogP contribution in [0.25, 0.3) is 0 Å². The molecule has 4 aliphatic rings. The van der Waals surface area contributed by atoms with Crippen molar-refractivity contribution in [1.29, 1.82) is 0 Å². The second kappa shape index (κ2) is 9.25. The lowest BCUT2D eigenvalue weighted by atomic mass is 9.58. The molecule has 0 radical (unpaired) electrons. The maximum absolute atomic E-state index is 12.7. The van der Waals surface area contributed by atoms with Crippen molar-refractivity contribution >= 4 is 23.9 Å². The highest BCUT2D eigenvalue weighted by molar-refractivity contribution is 5.70. The summed E-state index contributed by atoms with van der Waals surface area (Å²) < 4.78 is 29.3. The summed E-state index contributed by atoms with van der Waals surface area (Å²) in [6.07, 6.45) is -8.06. The summed E-state index contributed by atoms with van der Waals surface area (Å²) >= 11 is 0. The van der Waals surface area contributed by atoms with E-state index in [2.05, 4.69) is 0 Å². The Bertz CT molecular complexity index is 1120. The maximum Gasteiger partial charge on any atom is 0.303 e. The molecular weight excluding hydrogens is 516 g/mol. The lowest BCUT2D eigenvalue weighted by Gasteiger charge is -2.54. The van der Waals surface area contributed by atoms with Gasteiger partial charge in [0.15, 0.2) is 5.60 Å². The van der Waals surface area contributed by atoms with Crippen LogP contribution < -0.4 is 0 Å². The predicted octanol–water partition coefficient (Wildman–Crippen LogP) is 0.331. The van der Waals surface area contributed by atoms with Crippen LogP contribution in [0.15, 0.2) is 11.1 Å². The van der Waals surface area contributed by atoms with Crippen molar-refractivity contribution in [2.24, 2.45) is 16.7 Å². The topological polar surface area (TPSA) is 175 Å². The second-order valence-electron chi connectivity index (χ2n) is 12.0. The lowest BCUT2D eigenvalue weighted by Crippen LogP contribution is -2.68. The molecule has 0 bridgehead atoms. The van der Waals surface area contributed by atoms with Crippen LogP contribution in [-0.2, 0) is 42.9 Å². The first kappa shape index (κ1) is 29.4. The highest BCUT2D eigenvalue weighted by Gasteiger charge is 2.84. The van der Waals surface area contributed by atoms with E-state index in [4.69, 9.17) is 23.7 Å². The van der Waals surface area contributed by atoms with Gasteiger partial charge in [-0.2, -0.15) is 0 Å². The van der Waals surface area contributed by atoms with E-state index in [1.165, 1.54) is 34.6 Å². The average Bonchev–Trinajstić information content (AvgIpc) is 3.07. The van der Waals surface area contributed by atoms with E-state index in [9.17, 15) is 34.5 Å². The van der Waals surface area contributed by atoms with Gasteiger partial charge in [-0.25, -0.2) is 0 Å². The Balaban J connectivity index is 2.16. The van der Waals surface area contributed by atoms with Gasteiger partial charge < -0.3 is 39.0 Å². The number of aliphatic hydroxyl groups excluding tert-OH is 2. The first-order valence-corrected chi connectivity index (χ1v) is 13.0. The van der Waals surface area contributed by atoms with Crippen LogP contribution in [0.2, 0.25) is 0 Å². The zero-order valence-corrected chi connectivity index (χ0v) is 23.5. The molecule has 3 N–H and O–H groups in total. The number of ether oxygens (including phenoxy) is 5. The molecule has 3 aliphatic carbocycles. The van der Waals surface area contributed by atoms with Crippen LogP contribution >= 0.6 is 0 Å².